The monoisotopic (exact) mass is 367 g/mol. The van der Waals surface area contributed by atoms with E-state index in [9.17, 15) is 4.79 Å². The molecule has 0 spiro atoms. The summed E-state index contributed by atoms with van der Waals surface area (Å²) >= 11 is 6.04. The number of carbonyl (C=O) groups excluding carboxylic acids is 1. The molecule has 2 aromatic carbocycles. The number of hydrogen-bond acceptors (Lipinski definition) is 3. The molecule has 2 aromatic rings. The molecule has 1 aliphatic carbocycles. The zero-order valence-corrected chi connectivity index (χ0v) is 15.3. The molecule has 1 unspecified atom stereocenters. The molecule has 0 aromatic heterocycles. The molecule has 0 saturated heterocycles. The maximum atomic E-state index is 12.1. The predicted octanol–water partition coefficient (Wildman–Crippen LogP) is 4.70. The molecule has 2 N–H and O–H groups in total. The second kappa shape index (κ2) is 8.84. The van der Waals surface area contributed by atoms with Crippen molar-refractivity contribution in [2.75, 3.05) is 6.61 Å². The number of nitrogens with two attached hydrogens (primary N) is 1. The van der Waals surface area contributed by atoms with Crippen LogP contribution in [-0.4, -0.2) is 18.6 Å². The Bertz CT molecular complexity index is 824. The van der Waals surface area contributed by atoms with Crippen molar-refractivity contribution >= 4 is 17.6 Å². The van der Waals surface area contributed by atoms with Gasteiger partial charge in [0.15, 0.2) is 0 Å². The summed E-state index contributed by atoms with van der Waals surface area (Å²) in [6.07, 6.45) is 8.47. The Morgan fingerprint density at radius 2 is 1.96 bits per heavy atom. The Morgan fingerprint density at radius 1 is 1.15 bits per heavy atom. The highest BCUT2D eigenvalue weighted by atomic mass is 35.5. The normalized spacial score (nSPS) is 14.6. The Kier molecular flexibility index (Phi) is 6.26. The van der Waals surface area contributed by atoms with E-state index in [0.29, 0.717) is 18.1 Å². The Morgan fingerprint density at radius 3 is 2.65 bits per heavy atom. The lowest BCUT2D eigenvalue weighted by molar-refractivity contribution is -0.144. The molecule has 0 bridgehead atoms. The van der Waals surface area contributed by atoms with Crippen molar-refractivity contribution in [3.63, 3.8) is 0 Å². The molecule has 1 aliphatic rings. The number of carbonyl (C=O) groups is 1. The molecular weight excluding hydrogens is 346 g/mol. The summed E-state index contributed by atoms with van der Waals surface area (Å²) < 4.78 is 5.34. The number of benzene rings is 2. The number of allylic oxidation sites excluding steroid dienone is 3. The van der Waals surface area contributed by atoms with Crippen LogP contribution in [-0.2, 0) is 16.0 Å². The summed E-state index contributed by atoms with van der Waals surface area (Å²) in [7, 11) is 0. The van der Waals surface area contributed by atoms with Gasteiger partial charge in [-0.15, -0.1) is 0 Å². The third-order valence-corrected chi connectivity index (χ3v) is 4.61. The van der Waals surface area contributed by atoms with E-state index in [1.807, 2.05) is 60.7 Å². The van der Waals surface area contributed by atoms with Crippen LogP contribution in [0.1, 0.15) is 18.4 Å². The van der Waals surface area contributed by atoms with Gasteiger partial charge in [-0.1, -0.05) is 66.2 Å². The maximum Gasteiger partial charge on any atom is 0.323 e. The fourth-order valence-electron chi connectivity index (χ4n) is 2.88. The summed E-state index contributed by atoms with van der Waals surface area (Å²) in [6.45, 7) is 0.324. The molecular formula is C22H22ClNO2. The Balaban J connectivity index is 1.55. The van der Waals surface area contributed by atoms with Gasteiger partial charge in [-0.25, -0.2) is 0 Å². The van der Waals surface area contributed by atoms with E-state index >= 15 is 0 Å². The average molecular weight is 368 g/mol. The van der Waals surface area contributed by atoms with Crippen LogP contribution in [0.15, 0.2) is 72.3 Å². The van der Waals surface area contributed by atoms with E-state index in [1.54, 1.807) is 0 Å². The minimum absolute atomic E-state index is 0.324. The third-order valence-electron chi connectivity index (χ3n) is 4.37. The highest BCUT2D eigenvalue weighted by Gasteiger charge is 2.16. The molecule has 3 nitrogen and oxygen atoms in total. The summed E-state index contributed by atoms with van der Waals surface area (Å²) in [4.78, 5) is 12.1. The number of esters is 1. The van der Waals surface area contributed by atoms with Gasteiger partial charge in [0.05, 0.1) is 0 Å². The molecule has 4 heteroatoms. The van der Waals surface area contributed by atoms with Gasteiger partial charge in [0.1, 0.15) is 12.6 Å². The van der Waals surface area contributed by atoms with Crippen molar-refractivity contribution in [3.8, 4) is 11.1 Å². The smallest absolute Gasteiger partial charge is 0.323 e. The number of rotatable bonds is 6. The number of ether oxygens (including phenoxy) is 1. The largest absolute Gasteiger partial charge is 0.460 e. The zero-order valence-electron chi connectivity index (χ0n) is 14.5. The van der Waals surface area contributed by atoms with Crippen LogP contribution in [0.25, 0.3) is 11.1 Å². The molecule has 134 valence electrons. The van der Waals surface area contributed by atoms with Gasteiger partial charge in [-0.3, -0.25) is 4.79 Å². The minimum Gasteiger partial charge on any atom is -0.460 e. The SMILES string of the molecule is NC(Cc1ccc(-c2cccc(Cl)c2)cc1)C(=O)OCC1=CC=CCC1. The lowest BCUT2D eigenvalue weighted by Gasteiger charge is -2.14. The summed E-state index contributed by atoms with van der Waals surface area (Å²) in [6, 6.07) is 15.0. The first-order valence-corrected chi connectivity index (χ1v) is 9.11. The van der Waals surface area contributed by atoms with Crippen LogP contribution in [0.5, 0.6) is 0 Å². The van der Waals surface area contributed by atoms with Crippen molar-refractivity contribution in [2.45, 2.75) is 25.3 Å². The second-order valence-corrected chi connectivity index (χ2v) is 6.85. The predicted molar refractivity (Wildman–Crippen MR) is 106 cm³/mol. The first-order chi connectivity index (χ1) is 12.6. The van der Waals surface area contributed by atoms with Gasteiger partial charge in [-0.2, -0.15) is 0 Å². The van der Waals surface area contributed by atoms with Gasteiger partial charge < -0.3 is 10.5 Å². The van der Waals surface area contributed by atoms with E-state index in [1.165, 1.54) is 0 Å². The third kappa shape index (κ3) is 5.07. The van der Waals surface area contributed by atoms with E-state index < -0.39 is 6.04 Å². The topological polar surface area (TPSA) is 52.3 Å². The fourth-order valence-corrected chi connectivity index (χ4v) is 3.07. The van der Waals surface area contributed by atoms with Crippen molar-refractivity contribution in [2.24, 2.45) is 5.73 Å². The van der Waals surface area contributed by atoms with Gasteiger partial charge >= 0.3 is 5.97 Å². The summed E-state index contributed by atoms with van der Waals surface area (Å²) in [5, 5.41) is 0.708. The number of hydrogen-bond donors (Lipinski definition) is 1. The van der Waals surface area contributed by atoms with Crippen molar-refractivity contribution in [1.29, 1.82) is 0 Å². The molecule has 0 amide bonds. The quantitative estimate of drug-likeness (QED) is 0.753. The van der Waals surface area contributed by atoms with Gasteiger partial charge in [0, 0.05) is 5.02 Å². The van der Waals surface area contributed by atoms with Crippen LogP contribution < -0.4 is 5.73 Å². The average Bonchev–Trinajstić information content (AvgIpc) is 2.67. The number of halogens is 1. The molecule has 0 fully saturated rings. The maximum absolute atomic E-state index is 12.1. The minimum atomic E-state index is -0.660. The van der Waals surface area contributed by atoms with E-state index in [-0.39, 0.29) is 5.97 Å². The van der Waals surface area contributed by atoms with Crippen LogP contribution >= 0.6 is 11.6 Å². The standard InChI is InChI=1S/C22H22ClNO2/c23-20-8-4-7-19(14-20)18-11-9-16(10-12-18)13-21(24)22(25)26-15-17-5-2-1-3-6-17/h1-2,4-5,7-12,14,21H,3,6,13,15,24H2. The highest BCUT2D eigenvalue weighted by Crippen LogP contribution is 2.23. The van der Waals surface area contributed by atoms with Gasteiger partial charge in [0.25, 0.3) is 0 Å². The molecule has 26 heavy (non-hydrogen) atoms. The van der Waals surface area contributed by atoms with Crippen molar-refractivity contribution in [1.82, 2.24) is 0 Å². The molecule has 3 rings (SSSR count). The molecule has 0 aliphatic heterocycles. The molecule has 0 radical (unpaired) electrons. The van der Waals surface area contributed by atoms with Gasteiger partial charge in [-0.05, 0) is 53.7 Å². The lowest BCUT2D eigenvalue weighted by Crippen LogP contribution is -2.34. The van der Waals surface area contributed by atoms with Gasteiger partial charge in [0.2, 0.25) is 0 Å². The van der Waals surface area contributed by atoms with E-state index in [0.717, 1.165) is 35.1 Å². The zero-order chi connectivity index (χ0) is 18.4. The lowest BCUT2D eigenvalue weighted by atomic mass is 10.0. The molecule has 1 atom stereocenters. The highest BCUT2D eigenvalue weighted by molar-refractivity contribution is 6.30. The Hall–Kier alpha value is -2.36. The van der Waals surface area contributed by atoms with Crippen LogP contribution in [0.4, 0.5) is 0 Å². The molecule has 0 saturated carbocycles. The summed E-state index contributed by atoms with van der Waals surface area (Å²) in [5.74, 6) is -0.362. The van der Waals surface area contributed by atoms with Crippen molar-refractivity contribution < 1.29 is 9.53 Å². The second-order valence-electron chi connectivity index (χ2n) is 6.42. The summed E-state index contributed by atoms with van der Waals surface area (Å²) in [5.41, 5.74) is 10.3. The molecule has 0 heterocycles. The van der Waals surface area contributed by atoms with Crippen LogP contribution in [0, 0.1) is 0 Å². The van der Waals surface area contributed by atoms with E-state index in [4.69, 9.17) is 22.1 Å². The first-order valence-electron chi connectivity index (χ1n) is 8.73. The Labute approximate surface area is 159 Å². The van der Waals surface area contributed by atoms with Crippen LogP contribution in [0.2, 0.25) is 5.02 Å². The van der Waals surface area contributed by atoms with Crippen molar-refractivity contribution in [3.05, 3.63) is 82.9 Å². The van der Waals surface area contributed by atoms with E-state index in [2.05, 4.69) is 6.08 Å². The first kappa shape index (κ1) is 18.4. The fraction of sp³-hybridized carbons (Fsp3) is 0.227. The van der Waals surface area contributed by atoms with Crippen LogP contribution in [0.3, 0.4) is 0 Å².